The third-order valence-corrected chi connectivity index (χ3v) is 5.77. The minimum atomic E-state index is -4.75. The van der Waals surface area contributed by atoms with Gasteiger partial charge >= 0.3 is 12.4 Å². The van der Waals surface area contributed by atoms with Crippen molar-refractivity contribution in [3.8, 4) is 17.4 Å². The third kappa shape index (κ3) is 7.37. The molecular weight excluding hydrogens is 459 g/mol. The number of anilines is 1. The second kappa shape index (κ2) is 10.7. The van der Waals surface area contributed by atoms with Crippen LogP contribution >= 0.6 is 0 Å². The number of carbonyl (C=O) groups is 1. The molecule has 0 unspecified atom stereocenters. The normalized spacial score (nSPS) is 14.5. The Balaban J connectivity index is 0.00000361. The van der Waals surface area contributed by atoms with E-state index in [0.717, 1.165) is 30.6 Å². The Labute approximate surface area is 203 Å². The number of hydrogen-bond donors (Lipinski definition) is 1. The molecule has 1 saturated heterocycles. The molecule has 3 aromatic rings. The number of piperidine rings is 1. The molecule has 35 heavy (non-hydrogen) atoms. The number of amides is 2. The Hall–Kier alpha value is -3.75. The maximum Gasteiger partial charge on any atom is 0.573 e. The van der Waals surface area contributed by atoms with Crippen LogP contribution < -0.4 is 14.8 Å². The Morgan fingerprint density at radius 2 is 1.83 bits per heavy atom. The number of nitrogens with zero attached hydrogens (tertiary/aromatic N) is 2. The smallest absolute Gasteiger partial charge is 0.439 e. The number of halogens is 3. The number of likely N-dealkylation sites (tertiary alicyclic amines) is 1. The van der Waals surface area contributed by atoms with E-state index in [0.29, 0.717) is 30.6 Å². The lowest BCUT2D eigenvalue weighted by Crippen LogP contribution is -2.41. The first-order valence-electron chi connectivity index (χ1n) is 11.3. The molecule has 1 N–H and O–H groups in total. The van der Waals surface area contributed by atoms with Crippen LogP contribution in [0.25, 0.3) is 0 Å². The fraction of sp³-hybridized carbons (Fsp3) is 0.308. The highest BCUT2D eigenvalue weighted by Gasteiger charge is 2.31. The van der Waals surface area contributed by atoms with Gasteiger partial charge in [0.1, 0.15) is 11.5 Å². The molecule has 1 fully saturated rings. The minimum absolute atomic E-state index is 0. The molecule has 1 aliphatic rings. The summed E-state index contributed by atoms with van der Waals surface area (Å²) < 4.78 is 46.5. The largest absolute Gasteiger partial charge is 0.573 e. The zero-order chi connectivity index (χ0) is 24.8. The van der Waals surface area contributed by atoms with Gasteiger partial charge in [0.05, 0.1) is 0 Å². The molecular formula is C26H28F3N3O3. The maximum absolute atomic E-state index is 12.6. The van der Waals surface area contributed by atoms with E-state index >= 15 is 0 Å². The highest BCUT2D eigenvalue weighted by atomic mass is 19.4. The molecule has 1 aromatic heterocycles. The Morgan fingerprint density at radius 1 is 1.09 bits per heavy atom. The highest BCUT2D eigenvalue weighted by molar-refractivity contribution is 5.89. The topological polar surface area (TPSA) is 63.7 Å². The van der Waals surface area contributed by atoms with Crippen molar-refractivity contribution < 1.29 is 28.9 Å². The molecule has 0 aliphatic carbocycles. The number of pyridine rings is 1. The molecule has 186 valence electrons. The second-order valence-corrected chi connectivity index (χ2v) is 8.56. The SMILES string of the molecule is Cc1ccc(Oc2cccc(CC3CCN(C(=O)Nc4ccc(OC(F)(F)F)cc4)CC3)c2)nc1.[HH]. The van der Waals surface area contributed by atoms with Crippen LogP contribution in [0.3, 0.4) is 0 Å². The Bertz CT molecular complexity index is 1130. The standard InChI is InChI=1S/C26H26F3N3O3.H2/c1-18-5-10-24(30-17-18)34-23-4-2-3-20(16-23)15-19-11-13-32(14-12-19)25(33)31-21-6-8-22(9-7-21)35-26(27,28)29;/h2-10,16-17,19H,11-15H2,1H3,(H,31,33);1H. The van der Waals surface area contributed by atoms with Crippen LogP contribution in [0.5, 0.6) is 17.4 Å². The maximum atomic E-state index is 12.6. The molecule has 0 saturated carbocycles. The summed E-state index contributed by atoms with van der Waals surface area (Å²) in [5.74, 6) is 1.39. The summed E-state index contributed by atoms with van der Waals surface area (Å²) in [4.78, 5) is 18.6. The van der Waals surface area contributed by atoms with Crippen molar-refractivity contribution in [2.45, 2.75) is 32.5 Å². The van der Waals surface area contributed by atoms with E-state index in [2.05, 4.69) is 21.1 Å². The molecule has 2 amide bonds. The monoisotopic (exact) mass is 487 g/mol. The molecule has 0 spiro atoms. The van der Waals surface area contributed by atoms with Crippen LogP contribution in [0.1, 0.15) is 25.4 Å². The first kappa shape index (κ1) is 24.4. The number of nitrogens with one attached hydrogen (secondary N) is 1. The average molecular weight is 488 g/mol. The number of benzene rings is 2. The molecule has 4 rings (SSSR count). The molecule has 2 heterocycles. The molecule has 6 nitrogen and oxygen atoms in total. The zero-order valence-corrected chi connectivity index (χ0v) is 19.2. The van der Waals surface area contributed by atoms with Crippen LogP contribution in [-0.4, -0.2) is 35.4 Å². The van der Waals surface area contributed by atoms with E-state index in [4.69, 9.17) is 4.74 Å². The number of hydrogen-bond acceptors (Lipinski definition) is 4. The molecule has 9 heteroatoms. The fourth-order valence-corrected chi connectivity index (χ4v) is 3.99. The zero-order valence-electron chi connectivity index (χ0n) is 19.2. The van der Waals surface area contributed by atoms with Crippen LogP contribution in [-0.2, 0) is 6.42 Å². The van der Waals surface area contributed by atoms with E-state index in [1.165, 1.54) is 29.8 Å². The first-order valence-corrected chi connectivity index (χ1v) is 11.3. The molecule has 0 atom stereocenters. The lowest BCUT2D eigenvalue weighted by molar-refractivity contribution is -0.274. The Morgan fingerprint density at radius 3 is 2.49 bits per heavy atom. The third-order valence-electron chi connectivity index (χ3n) is 5.77. The van der Waals surface area contributed by atoms with Crippen LogP contribution in [0.2, 0.25) is 0 Å². The van der Waals surface area contributed by atoms with Crippen molar-refractivity contribution in [2.75, 3.05) is 18.4 Å². The van der Waals surface area contributed by atoms with Gasteiger partial charge in [-0.2, -0.15) is 0 Å². The van der Waals surface area contributed by atoms with Crippen molar-refractivity contribution in [1.82, 2.24) is 9.88 Å². The van der Waals surface area contributed by atoms with Gasteiger partial charge in [-0.1, -0.05) is 18.2 Å². The summed E-state index contributed by atoms with van der Waals surface area (Å²) in [5.41, 5.74) is 2.64. The van der Waals surface area contributed by atoms with Crippen molar-refractivity contribution in [2.24, 2.45) is 5.92 Å². The molecule has 1 aliphatic heterocycles. The minimum Gasteiger partial charge on any atom is -0.439 e. The van der Waals surface area contributed by atoms with Crippen LogP contribution in [0.15, 0.2) is 66.9 Å². The van der Waals surface area contributed by atoms with Gasteiger partial charge in [0.2, 0.25) is 5.88 Å². The predicted molar refractivity (Wildman–Crippen MR) is 128 cm³/mol. The lowest BCUT2D eigenvalue weighted by atomic mass is 9.90. The number of carbonyl (C=O) groups excluding carboxylic acids is 1. The summed E-state index contributed by atoms with van der Waals surface area (Å²) in [6, 6.07) is 16.6. The van der Waals surface area contributed by atoms with Crippen LogP contribution in [0, 0.1) is 12.8 Å². The Kier molecular flexibility index (Phi) is 7.43. The second-order valence-electron chi connectivity index (χ2n) is 8.56. The van der Waals surface area contributed by atoms with Gasteiger partial charge in [-0.3, -0.25) is 0 Å². The fourth-order valence-electron chi connectivity index (χ4n) is 3.99. The van der Waals surface area contributed by atoms with Gasteiger partial charge in [0.15, 0.2) is 0 Å². The van der Waals surface area contributed by atoms with E-state index in [1.54, 1.807) is 11.1 Å². The molecule has 2 aromatic carbocycles. The van der Waals surface area contributed by atoms with Crippen molar-refractivity contribution in [3.05, 3.63) is 78.0 Å². The van der Waals surface area contributed by atoms with E-state index in [-0.39, 0.29) is 13.2 Å². The van der Waals surface area contributed by atoms with Gasteiger partial charge in [0, 0.05) is 32.5 Å². The van der Waals surface area contributed by atoms with Crippen LogP contribution in [0.4, 0.5) is 23.7 Å². The number of aromatic nitrogens is 1. The van der Waals surface area contributed by atoms with E-state index < -0.39 is 6.36 Å². The number of ether oxygens (including phenoxy) is 2. The quantitative estimate of drug-likeness (QED) is 0.415. The average Bonchev–Trinajstić information content (AvgIpc) is 2.82. The van der Waals surface area contributed by atoms with Gasteiger partial charge < -0.3 is 19.7 Å². The van der Waals surface area contributed by atoms with Crippen molar-refractivity contribution in [1.29, 1.82) is 0 Å². The van der Waals surface area contributed by atoms with Crippen molar-refractivity contribution in [3.63, 3.8) is 0 Å². The highest BCUT2D eigenvalue weighted by Crippen LogP contribution is 2.27. The summed E-state index contributed by atoms with van der Waals surface area (Å²) in [6.07, 6.45) is -0.385. The van der Waals surface area contributed by atoms with E-state index in [9.17, 15) is 18.0 Å². The van der Waals surface area contributed by atoms with Crippen molar-refractivity contribution >= 4 is 11.7 Å². The van der Waals surface area contributed by atoms with Gasteiger partial charge in [-0.25, -0.2) is 9.78 Å². The number of rotatable bonds is 6. The number of alkyl halides is 3. The van der Waals surface area contributed by atoms with Gasteiger partial charge in [-0.15, -0.1) is 13.2 Å². The molecule has 0 radical (unpaired) electrons. The summed E-state index contributed by atoms with van der Waals surface area (Å²) in [7, 11) is 0. The first-order chi connectivity index (χ1) is 16.7. The van der Waals surface area contributed by atoms with Gasteiger partial charge in [-0.05, 0) is 79.6 Å². The van der Waals surface area contributed by atoms with E-state index in [1.807, 2.05) is 37.3 Å². The summed E-state index contributed by atoms with van der Waals surface area (Å²) in [6.45, 7) is 3.19. The summed E-state index contributed by atoms with van der Waals surface area (Å²) in [5, 5.41) is 2.73. The molecule has 0 bridgehead atoms. The lowest BCUT2D eigenvalue weighted by Gasteiger charge is -2.32. The number of urea groups is 1. The number of aryl methyl sites for hydroxylation is 1. The summed E-state index contributed by atoms with van der Waals surface area (Å²) >= 11 is 0. The predicted octanol–water partition coefficient (Wildman–Crippen LogP) is 6.81. The van der Waals surface area contributed by atoms with Gasteiger partial charge in [0.25, 0.3) is 0 Å².